The third-order valence-electron chi connectivity index (χ3n) is 4.72. The molecular formula is C21H30N2O5. The van der Waals surface area contributed by atoms with Crippen molar-refractivity contribution in [3.63, 3.8) is 0 Å². The van der Waals surface area contributed by atoms with Gasteiger partial charge in [0.2, 0.25) is 0 Å². The molecule has 28 heavy (non-hydrogen) atoms. The van der Waals surface area contributed by atoms with E-state index in [9.17, 15) is 19.5 Å². The van der Waals surface area contributed by atoms with Gasteiger partial charge in [-0.3, -0.25) is 9.69 Å². The molecule has 0 aromatic heterocycles. The van der Waals surface area contributed by atoms with E-state index in [4.69, 9.17) is 4.74 Å². The Labute approximate surface area is 166 Å². The van der Waals surface area contributed by atoms with Gasteiger partial charge in [-0.05, 0) is 29.9 Å². The van der Waals surface area contributed by atoms with E-state index < -0.39 is 34.8 Å². The van der Waals surface area contributed by atoms with Crippen LogP contribution in [-0.4, -0.2) is 47.1 Å². The van der Waals surface area contributed by atoms with Gasteiger partial charge in [-0.15, -0.1) is 0 Å². The summed E-state index contributed by atoms with van der Waals surface area (Å²) in [4.78, 5) is 37.8. The molecule has 1 atom stereocenters. The van der Waals surface area contributed by atoms with Gasteiger partial charge < -0.3 is 15.2 Å². The van der Waals surface area contributed by atoms with Gasteiger partial charge in [0.05, 0.1) is 5.56 Å². The average Bonchev–Trinajstić information content (AvgIpc) is 2.97. The molecule has 1 heterocycles. The number of nitrogens with one attached hydrogen (secondary N) is 1. The SMILES string of the molecule is C[C@@H](OC(=O)c1cc(C(C)(C)C)c(O)c(C(C)(C)C)c1)C(=O)N1CCNC1=O. The number of amides is 3. The second-order valence-corrected chi connectivity index (χ2v) is 9.19. The fourth-order valence-electron chi connectivity index (χ4n) is 3.08. The Kier molecular flexibility index (Phi) is 5.78. The van der Waals surface area contributed by atoms with Crippen molar-refractivity contribution in [1.29, 1.82) is 0 Å². The molecule has 2 N–H and O–H groups in total. The van der Waals surface area contributed by atoms with Crippen LogP contribution in [0.2, 0.25) is 0 Å². The number of ether oxygens (including phenoxy) is 1. The van der Waals surface area contributed by atoms with E-state index in [1.165, 1.54) is 6.92 Å². The lowest BCUT2D eigenvalue weighted by atomic mass is 9.78. The summed E-state index contributed by atoms with van der Waals surface area (Å²) in [6, 6.07) is 2.72. The Hall–Kier alpha value is -2.57. The van der Waals surface area contributed by atoms with E-state index >= 15 is 0 Å². The highest BCUT2D eigenvalue weighted by atomic mass is 16.5. The predicted molar refractivity (Wildman–Crippen MR) is 105 cm³/mol. The molecule has 2 rings (SSSR count). The highest BCUT2D eigenvalue weighted by Gasteiger charge is 2.33. The number of aromatic hydroxyl groups is 1. The van der Waals surface area contributed by atoms with Crippen LogP contribution in [0.1, 0.15) is 70.0 Å². The number of carbonyl (C=O) groups excluding carboxylic acids is 3. The summed E-state index contributed by atoms with van der Waals surface area (Å²) in [6.45, 7) is 13.8. The lowest BCUT2D eigenvalue weighted by molar-refractivity contribution is -0.136. The average molecular weight is 390 g/mol. The molecule has 0 aliphatic carbocycles. The van der Waals surface area contributed by atoms with Crippen molar-refractivity contribution >= 4 is 17.9 Å². The molecule has 0 unspecified atom stereocenters. The molecule has 0 radical (unpaired) electrons. The fourth-order valence-corrected chi connectivity index (χ4v) is 3.08. The molecule has 1 aromatic carbocycles. The summed E-state index contributed by atoms with van der Waals surface area (Å²) in [5.41, 5.74) is 0.734. The van der Waals surface area contributed by atoms with Crippen molar-refractivity contribution < 1.29 is 24.2 Å². The first kappa shape index (κ1) is 21.7. The van der Waals surface area contributed by atoms with Crippen LogP contribution >= 0.6 is 0 Å². The summed E-state index contributed by atoms with van der Waals surface area (Å²) in [5.74, 6) is -1.07. The van der Waals surface area contributed by atoms with Gasteiger partial charge in [0.1, 0.15) is 5.75 Å². The molecule has 1 saturated heterocycles. The van der Waals surface area contributed by atoms with Gasteiger partial charge in [0.15, 0.2) is 6.10 Å². The van der Waals surface area contributed by atoms with Gasteiger partial charge in [0.25, 0.3) is 5.91 Å². The van der Waals surface area contributed by atoms with Crippen molar-refractivity contribution in [3.8, 4) is 5.75 Å². The Morgan fingerprint density at radius 1 is 1.11 bits per heavy atom. The normalized spacial score (nSPS) is 16.0. The molecular weight excluding hydrogens is 360 g/mol. The number of phenolic OH excluding ortho intramolecular Hbond substituents is 1. The zero-order valence-corrected chi connectivity index (χ0v) is 17.7. The highest BCUT2D eigenvalue weighted by Crippen LogP contribution is 2.39. The minimum atomic E-state index is -1.10. The maximum Gasteiger partial charge on any atom is 0.338 e. The number of benzene rings is 1. The van der Waals surface area contributed by atoms with E-state index in [2.05, 4.69) is 5.32 Å². The van der Waals surface area contributed by atoms with Crippen LogP contribution in [0.25, 0.3) is 0 Å². The van der Waals surface area contributed by atoms with E-state index in [0.29, 0.717) is 17.7 Å². The minimum Gasteiger partial charge on any atom is -0.507 e. The number of hydrogen-bond donors (Lipinski definition) is 2. The first-order chi connectivity index (χ1) is 12.7. The Morgan fingerprint density at radius 2 is 1.61 bits per heavy atom. The molecule has 0 spiro atoms. The minimum absolute atomic E-state index is 0.161. The van der Waals surface area contributed by atoms with Gasteiger partial charge in [0, 0.05) is 24.2 Å². The third-order valence-corrected chi connectivity index (χ3v) is 4.72. The predicted octanol–water partition coefficient (Wildman–Crippen LogP) is 3.08. The maximum atomic E-state index is 12.8. The van der Waals surface area contributed by atoms with Crippen LogP contribution in [-0.2, 0) is 20.4 Å². The molecule has 7 heteroatoms. The summed E-state index contributed by atoms with van der Waals surface area (Å²) < 4.78 is 5.34. The van der Waals surface area contributed by atoms with Crippen LogP contribution in [0.5, 0.6) is 5.75 Å². The lowest BCUT2D eigenvalue weighted by Crippen LogP contribution is -2.41. The number of urea groups is 1. The van der Waals surface area contributed by atoms with Gasteiger partial charge in [-0.25, -0.2) is 9.59 Å². The van der Waals surface area contributed by atoms with Gasteiger partial charge >= 0.3 is 12.0 Å². The topological polar surface area (TPSA) is 95.9 Å². The third kappa shape index (κ3) is 4.46. The monoisotopic (exact) mass is 390 g/mol. The Balaban J connectivity index is 2.34. The summed E-state index contributed by atoms with van der Waals surface area (Å²) in [6.07, 6.45) is -1.10. The second-order valence-electron chi connectivity index (χ2n) is 9.19. The number of hydrogen-bond acceptors (Lipinski definition) is 5. The molecule has 1 aliphatic heterocycles. The molecule has 0 bridgehead atoms. The van der Waals surface area contributed by atoms with Gasteiger partial charge in [-0.2, -0.15) is 0 Å². The first-order valence-corrected chi connectivity index (χ1v) is 9.41. The standard InChI is InChI=1S/C21H30N2O5/c1-12(17(25)23-9-8-22-19(23)27)28-18(26)13-10-14(20(2,3)4)16(24)15(11-13)21(5,6)7/h10-12,24H,8-9H2,1-7H3,(H,22,27)/t12-/m1/s1. The fraction of sp³-hybridized carbons (Fsp3) is 0.571. The van der Waals surface area contributed by atoms with E-state index in [1.807, 2.05) is 41.5 Å². The van der Waals surface area contributed by atoms with Crippen molar-refractivity contribution in [3.05, 3.63) is 28.8 Å². The molecule has 1 fully saturated rings. The zero-order valence-electron chi connectivity index (χ0n) is 17.7. The number of imide groups is 1. The number of rotatable bonds is 3. The first-order valence-electron chi connectivity index (χ1n) is 9.41. The van der Waals surface area contributed by atoms with E-state index in [1.54, 1.807) is 12.1 Å². The van der Waals surface area contributed by atoms with Gasteiger partial charge in [-0.1, -0.05) is 41.5 Å². The second kappa shape index (κ2) is 7.45. The smallest absolute Gasteiger partial charge is 0.338 e. The van der Waals surface area contributed by atoms with Crippen molar-refractivity contribution in [1.82, 2.24) is 10.2 Å². The molecule has 1 aromatic rings. The maximum absolute atomic E-state index is 12.8. The van der Waals surface area contributed by atoms with Crippen LogP contribution in [0.15, 0.2) is 12.1 Å². The van der Waals surface area contributed by atoms with E-state index in [-0.39, 0.29) is 17.9 Å². The summed E-state index contributed by atoms with van der Waals surface area (Å²) in [7, 11) is 0. The highest BCUT2D eigenvalue weighted by molar-refractivity contribution is 5.99. The van der Waals surface area contributed by atoms with Crippen LogP contribution < -0.4 is 5.32 Å². The number of esters is 1. The quantitative estimate of drug-likeness (QED) is 0.773. The number of phenols is 1. The number of carbonyl (C=O) groups is 3. The summed E-state index contributed by atoms with van der Waals surface area (Å²) in [5, 5.41) is 13.3. The zero-order chi connectivity index (χ0) is 21.4. The van der Waals surface area contributed by atoms with Crippen molar-refractivity contribution in [2.24, 2.45) is 0 Å². The molecule has 1 aliphatic rings. The largest absolute Gasteiger partial charge is 0.507 e. The van der Waals surface area contributed by atoms with Crippen molar-refractivity contribution in [2.45, 2.75) is 65.4 Å². The lowest BCUT2D eigenvalue weighted by Gasteiger charge is -2.28. The molecule has 0 saturated carbocycles. The van der Waals surface area contributed by atoms with Crippen LogP contribution in [0.4, 0.5) is 4.79 Å². The summed E-state index contributed by atoms with van der Waals surface area (Å²) >= 11 is 0. The number of nitrogens with zero attached hydrogens (tertiary/aromatic N) is 1. The Morgan fingerprint density at radius 3 is 2.00 bits per heavy atom. The molecule has 7 nitrogen and oxygen atoms in total. The molecule has 3 amide bonds. The van der Waals surface area contributed by atoms with Crippen LogP contribution in [0.3, 0.4) is 0 Å². The van der Waals surface area contributed by atoms with Crippen LogP contribution in [0, 0.1) is 0 Å². The Bertz CT molecular complexity index is 767. The molecule has 154 valence electrons. The van der Waals surface area contributed by atoms with E-state index in [0.717, 1.165) is 4.90 Å². The van der Waals surface area contributed by atoms with Crippen molar-refractivity contribution in [2.75, 3.05) is 13.1 Å².